The maximum absolute atomic E-state index is 10.9. The van der Waals surface area contributed by atoms with Crippen LogP contribution in [0, 0.1) is 5.92 Å². The molecule has 0 aromatic heterocycles. The van der Waals surface area contributed by atoms with Crippen LogP contribution in [0.2, 0.25) is 0 Å². The van der Waals surface area contributed by atoms with Crippen molar-refractivity contribution in [3.63, 3.8) is 0 Å². The average molecular weight is 237 g/mol. The molecule has 1 heterocycles. The number of ether oxygens (including phenoxy) is 2. The number of rotatable bonds is 3. The Balaban J connectivity index is 2.35. The molecule has 0 saturated carbocycles. The molecule has 1 unspecified atom stereocenters. The number of carbonyl (C=O) groups is 1. The van der Waals surface area contributed by atoms with Gasteiger partial charge in [0.25, 0.3) is 0 Å². The standard InChI is InChI=1S/C12H15NO4/c1-16-10-4-7-3-8(12(14)15)6-13-9(7)5-11(10)17-2/h4-5,8,13H,3,6H2,1-2H3,(H,14,15). The van der Waals surface area contributed by atoms with Gasteiger partial charge < -0.3 is 19.9 Å². The fraction of sp³-hybridized carbons (Fsp3) is 0.417. The molecule has 0 radical (unpaired) electrons. The third-order valence-corrected chi connectivity index (χ3v) is 2.96. The van der Waals surface area contributed by atoms with Crippen molar-refractivity contribution in [1.82, 2.24) is 0 Å². The smallest absolute Gasteiger partial charge is 0.308 e. The first-order valence-electron chi connectivity index (χ1n) is 5.37. The first-order valence-corrected chi connectivity index (χ1v) is 5.37. The first-order chi connectivity index (χ1) is 8.15. The minimum Gasteiger partial charge on any atom is -0.493 e. The Morgan fingerprint density at radius 2 is 2.00 bits per heavy atom. The van der Waals surface area contributed by atoms with Crippen molar-refractivity contribution in [3.8, 4) is 11.5 Å². The lowest BCUT2D eigenvalue weighted by atomic mass is 9.94. The summed E-state index contributed by atoms with van der Waals surface area (Å²) < 4.78 is 10.4. The molecule has 5 nitrogen and oxygen atoms in total. The molecule has 1 aliphatic rings. The van der Waals surface area contributed by atoms with Gasteiger partial charge in [0.2, 0.25) is 0 Å². The molecule has 92 valence electrons. The van der Waals surface area contributed by atoms with Gasteiger partial charge in [0.05, 0.1) is 20.1 Å². The molecule has 2 N–H and O–H groups in total. The Hall–Kier alpha value is -1.91. The van der Waals surface area contributed by atoms with Gasteiger partial charge in [-0.3, -0.25) is 4.79 Å². The van der Waals surface area contributed by atoms with Gasteiger partial charge in [-0.2, -0.15) is 0 Å². The molecule has 0 bridgehead atoms. The molecule has 0 aliphatic carbocycles. The van der Waals surface area contributed by atoms with Crippen molar-refractivity contribution in [2.24, 2.45) is 5.92 Å². The number of benzene rings is 1. The Morgan fingerprint density at radius 1 is 1.35 bits per heavy atom. The Kier molecular flexibility index (Phi) is 3.08. The highest BCUT2D eigenvalue weighted by molar-refractivity contribution is 5.74. The molecule has 0 amide bonds. The highest BCUT2D eigenvalue weighted by atomic mass is 16.5. The predicted octanol–water partition coefficient (Wildman–Crippen LogP) is 1.37. The second-order valence-electron chi connectivity index (χ2n) is 3.98. The largest absolute Gasteiger partial charge is 0.493 e. The lowest BCUT2D eigenvalue weighted by Gasteiger charge is -2.24. The summed E-state index contributed by atoms with van der Waals surface area (Å²) in [6.07, 6.45) is 0.512. The van der Waals surface area contributed by atoms with Crippen molar-refractivity contribution in [3.05, 3.63) is 17.7 Å². The molecule has 17 heavy (non-hydrogen) atoms. The van der Waals surface area contributed by atoms with Crippen molar-refractivity contribution >= 4 is 11.7 Å². The molecule has 5 heteroatoms. The number of anilines is 1. The molecule has 2 rings (SSSR count). The third kappa shape index (κ3) is 2.13. The molecular weight excluding hydrogens is 222 g/mol. The van der Waals surface area contributed by atoms with Gasteiger partial charge in [-0.15, -0.1) is 0 Å². The van der Waals surface area contributed by atoms with E-state index in [0.29, 0.717) is 24.5 Å². The van der Waals surface area contributed by atoms with E-state index in [-0.39, 0.29) is 5.92 Å². The molecule has 1 aliphatic heterocycles. The fourth-order valence-electron chi connectivity index (χ4n) is 2.00. The molecular formula is C12H15NO4. The van der Waals surface area contributed by atoms with Gasteiger partial charge in [-0.25, -0.2) is 0 Å². The monoisotopic (exact) mass is 237 g/mol. The minimum absolute atomic E-state index is 0.388. The van der Waals surface area contributed by atoms with Gasteiger partial charge in [-0.05, 0) is 18.1 Å². The van der Waals surface area contributed by atoms with Crippen molar-refractivity contribution in [1.29, 1.82) is 0 Å². The number of hydrogen-bond donors (Lipinski definition) is 2. The van der Waals surface area contributed by atoms with E-state index in [0.717, 1.165) is 11.3 Å². The highest BCUT2D eigenvalue weighted by Crippen LogP contribution is 2.36. The summed E-state index contributed by atoms with van der Waals surface area (Å²) >= 11 is 0. The van der Waals surface area contributed by atoms with Gasteiger partial charge in [0.15, 0.2) is 11.5 Å². The average Bonchev–Trinajstić information content (AvgIpc) is 2.36. The normalized spacial score (nSPS) is 17.9. The topological polar surface area (TPSA) is 67.8 Å². The van der Waals surface area contributed by atoms with Gasteiger partial charge >= 0.3 is 5.97 Å². The zero-order valence-electron chi connectivity index (χ0n) is 9.82. The van der Waals surface area contributed by atoms with Crippen molar-refractivity contribution in [2.45, 2.75) is 6.42 Å². The van der Waals surface area contributed by atoms with Crippen LogP contribution >= 0.6 is 0 Å². The number of hydrogen-bond acceptors (Lipinski definition) is 4. The summed E-state index contributed by atoms with van der Waals surface area (Å²) in [5, 5.41) is 12.1. The first kappa shape index (κ1) is 11.6. The minimum atomic E-state index is -0.780. The predicted molar refractivity (Wildman–Crippen MR) is 62.9 cm³/mol. The van der Waals surface area contributed by atoms with Crippen LogP contribution < -0.4 is 14.8 Å². The van der Waals surface area contributed by atoms with Crippen LogP contribution in [0.4, 0.5) is 5.69 Å². The number of aliphatic carboxylic acids is 1. The summed E-state index contributed by atoms with van der Waals surface area (Å²) in [7, 11) is 3.14. The fourth-order valence-corrected chi connectivity index (χ4v) is 2.00. The van der Waals surface area contributed by atoms with Crippen LogP contribution in [-0.2, 0) is 11.2 Å². The third-order valence-electron chi connectivity index (χ3n) is 2.96. The summed E-state index contributed by atoms with van der Waals surface area (Å²) in [6.45, 7) is 0.442. The SMILES string of the molecule is COc1cc2c(cc1OC)NCC(C(=O)O)C2. The number of methoxy groups -OCH3 is 2. The second-order valence-corrected chi connectivity index (χ2v) is 3.98. The molecule has 0 saturated heterocycles. The molecule has 1 aromatic carbocycles. The van der Waals surface area contributed by atoms with E-state index in [1.165, 1.54) is 0 Å². The summed E-state index contributed by atoms with van der Waals surface area (Å²) in [4.78, 5) is 10.9. The zero-order valence-corrected chi connectivity index (χ0v) is 9.82. The number of carboxylic acids is 1. The van der Waals surface area contributed by atoms with Crippen LogP contribution in [0.25, 0.3) is 0 Å². The molecule has 0 fully saturated rings. The Labute approximate surface area is 99.3 Å². The quantitative estimate of drug-likeness (QED) is 0.831. The van der Waals surface area contributed by atoms with E-state index in [9.17, 15) is 4.79 Å². The van der Waals surface area contributed by atoms with Crippen LogP contribution in [-0.4, -0.2) is 31.8 Å². The molecule has 1 atom stereocenters. The zero-order chi connectivity index (χ0) is 12.4. The highest BCUT2D eigenvalue weighted by Gasteiger charge is 2.25. The van der Waals surface area contributed by atoms with E-state index < -0.39 is 5.97 Å². The van der Waals surface area contributed by atoms with E-state index in [2.05, 4.69) is 5.32 Å². The van der Waals surface area contributed by atoms with Gasteiger partial charge in [0, 0.05) is 18.3 Å². The van der Waals surface area contributed by atoms with Gasteiger partial charge in [-0.1, -0.05) is 0 Å². The summed E-state index contributed by atoms with van der Waals surface area (Å²) in [6, 6.07) is 3.67. The second kappa shape index (κ2) is 4.53. The molecule has 0 spiro atoms. The van der Waals surface area contributed by atoms with E-state index in [1.54, 1.807) is 14.2 Å². The summed E-state index contributed by atoms with van der Waals surface area (Å²) in [5.74, 6) is 0.102. The number of carboxylic acid groups (broad SMARTS) is 1. The van der Waals surface area contributed by atoms with Gasteiger partial charge in [0.1, 0.15) is 0 Å². The number of fused-ring (bicyclic) bond motifs is 1. The maximum Gasteiger partial charge on any atom is 0.308 e. The molecule has 1 aromatic rings. The lowest BCUT2D eigenvalue weighted by molar-refractivity contribution is -0.141. The maximum atomic E-state index is 10.9. The lowest BCUT2D eigenvalue weighted by Crippen LogP contribution is -2.29. The van der Waals surface area contributed by atoms with E-state index in [1.807, 2.05) is 12.1 Å². The number of nitrogens with one attached hydrogen (secondary N) is 1. The van der Waals surface area contributed by atoms with Crippen molar-refractivity contribution in [2.75, 3.05) is 26.1 Å². The van der Waals surface area contributed by atoms with E-state index in [4.69, 9.17) is 14.6 Å². The van der Waals surface area contributed by atoms with E-state index >= 15 is 0 Å². The Morgan fingerprint density at radius 3 is 2.59 bits per heavy atom. The van der Waals surface area contributed by atoms with Crippen LogP contribution in [0.5, 0.6) is 11.5 Å². The van der Waals surface area contributed by atoms with Crippen LogP contribution in [0.3, 0.4) is 0 Å². The van der Waals surface area contributed by atoms with Crippen LogP contribution in [0.15, 0.2) is 12.1 Å². The Bertz CT molecular complexity index is 444. The van der Waals surface area contributed by atoms with Crippen molar-refractivity contribution < 1.29 is 19.4 Å². The summed E-state index contributed by atoms with van der Waals surface area (Å²) in [5.41, 5.74) is 1.86. The van der Waals surface area contributed by atoms with Crippen LogP contribution in [0.1, 0.15) is 5.56 Å².